The molecule has 0 N–H and O–H groups in total. The highest BCUT2D eigenvalue weighted by atomic mass is 16.5. The zero-order valence-corrected chi connectivity index (χ0v) is 16.0. The van der Waals surface area contributed by atoms with E-state index in [-0.39, 0.29) is 17.4 Å². The molecule has 0 bridgehead atoms. The van der Waals surface area contributed by atoms with Crippen molar-refractivity contribution in [2.45, 2.75) is 45.3 Å². The van der Waals surface area contributed by atoms with E-state index in [0.717, 1.165) is 44.0 Å². The van der Waals surface area contributed by atoms with Crippen molar-refractivity contribution in [1.82, 2.24) is 4.90 Å². The van der Waals surface area contributed by atoms with Gasteiger partial charge >= 0.3 is 0 Å². The highest BCUT2D eigenvalue weighted by Gasteiger charge is 2.50. The van der Waals surface area contributed by atoms with Crippen molar-refractivity contribution < 1.29 is 14.3 Å². The van der Waals surface area contributed by atoms with Crippen LogP contribution in [0.2, 0.25) is 0 Å². The topological polar surface area (TPSA) is 42.0 Å². The van der Waals surface area contributed by atoms with E-state index in [0.29, 0.717) is 0 Å². The minimum Gasteiger partial charge on any atom is -0.497 e. The number of hydrogen-bond acceptors (Lipinski definition) is 4. The number of ether oxygens (including phenoxy) is 2. The van der Waals surface area contributed by atoms with E-state index in [2.05, 4.69) is 24.8 Å². The van der Waals surface area contributed by atoms with Gasteiger partial charge in [-0.15, -0.1) is 0 Å². The molecule has 2 aliphatic heterocycles. The summed E-state index contributed by atoms with van der Waals surface area (Å²) in [5.41, 5.74) is 0.522. The van der Waals surface area contributed by atoms with Crippen LogP contribution in [0.3, 0.4) is 0 Å². The smallest absolute Gasteiger partial charge is 0.228 e. The molecule has 2 aliphatic rings. The third kappa shape index (κ3) is 3.76. The quantitative estimate of drug-likeness (QED) is 0.844. The minimum atomic E-state index is -0.398. The standard InChI is InChI=1S/C20H30N2O3/c1-19(2)14-17(20(3,4)25-19)18(23)22-11-9-21(10-12-22)15-7-6-8-16(13-15)24-5/h6-8,13,17H,9-12,14H2,1-5H3. The molecule has 0 spiro atoms. The van der Waals surface area contributed by atoms with Crippen LogP contribution in [0.25, 0.3) is 0 Å². The first kappa shape index (κ1) is 18.1. The number of nitrogens with zero attached hydrogens (tertiary/aromatic N) is 2. The van der Waals surface area contributed by atoms with E-state index in [4.69, 9.17) is 9.47 Å². The van der Waals surface area contributed by atoms with E-state index in [1.807, 2.05) is 36.9 Å². The zero-order valence-electron chi connectivity index (χ0n) is 16.0. The first-order chi connectivity index (χ1) is 11.7. The number of benzene rings is 1. The number of carbonyl (C=O) groups excluding carboxylic acids is 1. The monoisotopic (exact) mass is 346 g/mol. The van der Waals surface area contributed by atoms with Crippen molar-refractivity contribution in [1.29, 1.82) is 0 Å². The molecule has 1 atom stereocenters. The summed E-state index contributed by atoms with van der Waals surface area (Å²) in [4.78, 5) is 17.4. The van der Waals surface area contributed by atoms with Gasteiger partial charge < -0.3 is 19.3 Å². The molecule has 1 unspecified atom stereocenters. The van der Waals surface area contributed by atoms with E-state index in [9.17, 15) is 4.79 Å². The summed E-state index contributed by atoms with van der Waals surface area (Å²) in [6.07, 6.45) is 0.787. The lowest BCUT2D eigenvalue weighted by Gasteiger charge is -2.38. The largest absolute Gasteiger partial charge is 0.497 e. The lowest BCUT2D eigenvalue weighted by molar-refractivity contribution is -0.142. The summed E-state index contributed by atoms with van der Waals surface area (Å²) >= 11 is 0. The van der Waals surface area contributed by atoms with Gasteiger partial charge in [-0.2, -0.15) is 0 Å². The first-order valence-electron chi connectivity index (χ1n) is 9.10. The molecule has 1 aromatic carbocycles. The first-order valence-corrected chi connectivity index (χ1v) is 9.10. The van der Waals surface area contributed by atoms with Crippen LogP contribution in [0.5, 0.6) is 5.75 Å². The number of piperazine rings is 1. The molecule has 0 aromatic heterocycles. The Bertz CT molecular complexity index is 634. The SMILES string of the molecule is COc1cccc(N2CCN(C(=O)C3CC(C)(C)OC3(C)C)CC2)c1. The average Bonchev–Trinajstić information content (AvgIpc) is 2.81. The fourth-order valence-electron chi connectivity index (χ4n) is 4.16. The van der Waals surface area contributed by atoms with Gasteiger partial charge in [-0.05, 0) is 46.2 Å². The highest BCUT2D eigenvalue weighted by Crippen LogP contribution is 2.42. The fourth-order valence-corrected chi connectivity index (χ4v) is 4.16. The number of amides is 1. The van der Waals surface area contributed by atoms with Crippen LogP contribution in [0, 0.1) is 5.92 Å². The fraction of sp³-hybridized carbons (Fsp3) is 0.650. The molecule has 2 saturated heterocycles. The Labute approximate surface area is 150 Å². The van der Waals surface area contributed by atoms with Gasteiger partial charge in [-0.25, -0.2) is 0 Å². The molecule has 138 valence electrons. The van der Waals surface area contributed by atoms with E-state index in [1.165, 1.54) is 0 Å². The molecule has 0 aliphatic carbocycles. The maximum absolute atomic E-state index is 13.1. The van der Waals surface area contributed by atoms with Gasteiger partial charge in [0.15, 0.2) is 0 Å². The van der Waals surface area contributed by atoms with Gasteiger partial charge in [0, 0.05) is 37.9 Å². The van der Waals surface area contributed by atoms with Crippen LogP contribution in [0.4, 0.5) is 5.69 Å². The number of rotatable bonds is 3. The molecule has 0 radical (unpaired) electrons. The Kier molecular flexibility index (Phi) is 4.71. The third-order valence-corrected chi connectivity index (χ3v) is 5.38. The summed E-state index contributed by atoms with van der Waals surface area (Å²) in [5.74, 6) is 1.04. The molecule has 3 rings (SSSR count). The van der Waals surface area contributed by atoms with Crippen LogP contribution in [0.1, 0.15) is 34.1 Å². The Hall–Kier alpha value is -1.75. The van der Waals surface area contributed by atoms with Crippen molar-refractivity contribution in [3.63, 3.8) is 0 Å². The molecule has 0 saturated carbocycles. The van der Waals surface area contributed by atoms with Crippen molar-refractivity contribution in [3.05, 3.63) is 24.3 Å². The summed E-state index contributed by atoms with van der Waals surface area (Å²) in [5, 5.41) is 0. The summed E-state index contributed by atoms with van der Waals surface area (Å²) in [6, 6.07) is 8.10. The lowest BCUT2D eigenvalue weighted by Crippen LogP contribution is -2.52. The maximum Gasteiger partial charge on any atom is 0.228 e. The van der Waals surface area contributed by atoms with Gasteiger partial charge in [0.2, 0.25) is 5.91 Å². The van der Waals surface area contributed by atoms with Crippen LogP contribution in [-0.2, 0) is 9.53 Å². The number of methoxy groups -OCH3 is 1. The molecule has 5 heteroatoms. The zero-order chi connectivity index (χ0) is 18.2. The second-order valence-electron chi connectivity index (χ2n) is 8.24. The second kappa shape index (κ2) is 6.52. The lowest BCUT2D eigenvalue weighted by atomic mass is 9.86. The molecule has 1 aromatic rings. The summed E-state index contributed by atoms with van der Waals surface area (Å²) < 4.78 is 11.4. The highest BCUT2D eigenvalue weighted by molar-refractivity contribution is 5.81. The van der Waals surface area contributed by atoms with Gasteiger partial charge in [0.1, 0.15) is 5.75 Å². The molecule has 2 heterocycles. The predicted molar refractivity (Wildman–Crippen MR) is 99.1 cm³/mol. The molecular formula is C20H30N2O3. The Balaban J connectivity index is 1.63. The molecule has 5 nitrogen and oxygen atoms in total. The minimum absolute atomic E-state index is 0.0640. The predicted octanol–water partition coefficient (Wildman–Crippen LogP) is 2.94. The van der Waals surface area contributed by atoms with Crippen LogP contribution < -0.4 is 9.64 Å². The molecule has 1 amide bonds. The van der Waals surface area contributed by atoms with E-state index in [1.54, 1.807) is 7.11 Å². The maximum atomic E-state index is 13.1. The second-order valence-corrected chi connectivity index (χ2v) is 8.24. The summed E-state index contributed by atoms with van der Waals surface area (Å²) in [7, 11) is 1.68. The Morgan fingerprint density at radius 2 is 1.84 bits per heavy atom. The van der Waals surface area contributed by atoms with Crippen molar-refractivity contribution in [2.24, 2.45) is 5.92 Å². The molecule has 2 fully saturated rings. The normalized spacial score (nSPS) is 25.1. The van der Waals surface area contributed by atoms with E-state index < -0.39 is 5.60 Å². The Morgan fingerprint density at radius 3 is 2.40 bits per heavy atom. The van der Waals surface area contributed by atoms with E-state index >= 15 is 0 Å². The number of carbonyl (C=O) groups is 1. The van der Waals surface area contributed by atoms with Gasteiger partial charge in [-0.3, -0.25) is 4.79 Å². The number of anilines is 1. The Morgan fingerprint density at radius 1 is 1.16 bits per heavy atom. The van der Waals surface area contributed by atoms with Gasteiger partial charge in [-0.1, -0.05) is 6.07 Å². The van der Waals surface area contributed by atoms with Crippen LogP contribution in [0.15, 0.2) is 24.3 Å². The number of hydrogen-bond donors (Lipinski definition) is 0. The van der Waals surface area contributed by atoms with Gasteiger partial charge in [0.05, 0.1) is 24.2 Å². The molecular weight excluding hydrogens is 316 g/mol. The van der Waals surface area contributed by atoms with Crippen molar-refractivity contribution in [2.75, 3.05) is 38.2 Å². The summed E-state index contributed by atoms with van der Waals surface area (Å²) in [6.45, 7) is 11.4. The van der Waals surface area contributed by atoms with Crippen molar-refractivity contribution in [3.8, 4) is 5.75 Å². The van der Waals surface area contributed by atoms with Crippen LogP contribution in [-0.4, -0.2) is 55.3 Å². The van der Waals surface area contributed by atoms with Crippen LogP contribution >= 0.6 is 0 Å². The van der Waals surface area contributed by atoms with Gasteiger partial charge in [0.25, 0.3) is 0 Å². The molecule has 25 heavy (non-hydrogen) atoms. The van der Waals surface area contributed by atoms with Crippen molar-refractivity contribution >= 4 is 11.6 Å². The third-order valence-electron chi connectivity index (χ3n) is 5.38. The average molecular weight is 346 g/mol.